The van der Waals surface area contributed by atoms with E-state index in [1.165, 1.54) is 4.68 Å². The molecule has 9 nitrogen and oxygen atoms in total. The molecule has 29 heavy (non-hydrogen) atoms. The molecule has 2 aromatic carbocycles. The number of hydrogen-bond donors (Lipinski definition) is 0. The van der Waals surface area contributed by atoms with E-state index in [1.807, 2.05) is 6.07 Å². The van der Waals surface area contributed by atoms with Crippen molar-refractivity contribution in [2.24, 2.45) is 0 Å². The zero-order chi connectivity index (χ0) is 20.4. The Labute approximate surface area is 165 Å². The number of rotatable bonds is 5. The number of hydrogen-bond acceptors (Lipinski definition) is 7. The van der Waals surface area contributed by atoms with Crippen LogP contribution < -0.4 is 10.3 Å². The second-order valence-electron chi connectivity index (χ2n) is 6.02. The fourth-order valence-electron chi connectivity index (χ4n) is 2.92. The summed E-state index contributed by atoms with van der Waals surface area (Å²) in [5, 5.41) is 12.6. The van der Waals surface area contributed by atoms with Crippen LogP contribution >= 0.6 is 0 Å². The van der Waals surface area contributed by atoms with Gasteiger partial charge < -0.3 is 9.47 Å². The first-order valence-electron chi connectivity index (χ1n) is 8.89. The van der Waals surface area contributed by atoms with Gasteiger partial charge in [0.2, 0.25) is 0 Å². The van der Waals surface area contributed by atoms with E-state index in [0.717, 1.165) is 4.68 Å². The molecule has 2 aromatic heterocycles. The van der Waals surface area contributed by atoms with Gasteiger partial charge in [0.15, 0.2) is 11.3 Å². The molecular weight excluding hydrogens is 374 g/mol. The van der Waals surface area contributed by atoms with Gasteiger partial charge >= 0.3 is 5.97 Å². The third-order valence-electron chi connectivity index (χ3n) is 4.28. The van der Waals surface area contributed by atoms with Crippen LogP contribution in [0.5, 0.6) is 5.75 Å². The van der Waals surface area contributed by atoms with E-state index in [1.54, 1.807) is 62.6 Å². The smallest absolute Gasteiger partial charge is 0.359 e. The molecule has 4 rings (SSSR count). The Balaban J connectivity index is 1.97. The number of para-hydroxylation sites is 1. The molecule has 0 aliphatic heterocycles. The molecule has 0 radical (unpaired) electrons. The maximum Gasteiger partial charge on any atom is 0.359 e. The lowest BCUT2D eigenvalue weighted by Gasteiger charge is -2.05. The highest BCUT2D eigenvalue weighted by molar-refractivity contribution is 6.01. The zero-order valence-corrected chi connectivity index (χ0v) is 15.8. The van der Waals surface area contributed by atoms with Crippen molar-refractivity contribution >= 4 is 17.0 Å². The van der Waals surface area contributed by atoms with Gasteiger partial charge in [0.05, 0.1) is 25.1 Å². The van der Waals surface area contributed by atoms with E-state index in [9.17, 15) is 9.59 Å². The summed E-state index contributed by atoms with van der Waals surface area (Å²) in [4.78, 5) is 25.7. The van der Waals surface area contributed by atoms with Gasteiger partial charge in [-0.05, 0) is 43.3 Å². The monoisotopic (exact) mass is 391 g/mol. The molecule has 0 atom stereocenters. The molecule has 0 aliphatic carbocycles. The normalized spacial score (nSPS) is 10.8. The summed E-state index contributed by atoms with van der Waals surface area (Å²) in [5.41, 5.74) is 0.665. The van der Waals surface area contributed by atoms with Crippen LogP contribution in [0.3, 0.4) is 0 Å². The Morgan fingerprint density at radius 1 is 1.00 bits per heavy atom. The van der Waals surface area contributed by atoms with Crippen molar-refractivity contribution in [1.29, 1.82) is 0 Å². The lowest BCUT2D eigenvalue weighted by molar-refractivity contribution is 0.0521. The number of methoxy groups -OCH3 is 1. The molecule has 0 saturated heterocycles. The minimum absolute atomic E-state index is 0.0399. The Kier molecular flexibility index (Phi) is 4.78. The Morgan fingerprint density at radius 3 is 2.34 bits per heavy atom. The van der Waals surface area contributed by atoms with Crippen LogP contribution in [0.15, 0.2) is 59.4 Å². The molecule has 0 unspecified atom stereocenters. The number of nitrogens with zero attached hydrogens (tertiary/aromatic N) is 5. The van der Waals surface area contributed by atoms with E-state index in [2.05, 4.69) is 15.4 Å². The lowest BCUT2D eigenvalue weighted by atomic mass is 10.3. The molecule has 4 aromatic rings. The first-order valence-corrected chi connectivity index (χ1v) is 8.89. The Hall–Kier alpha value is -4.01. The van der Waals surface area contributed by atoms with Gasteiger partial charge in [-0.3, -0.25) is 4.79 Å². The van der Waals surface area contributed by atoms with E-state index in [4.69, 9.17) is 9.47 Å². The molecule has 0 amide bonds. The molecule has 0 N–H and O–H groups in total. The highest BCUT2D eigenvalue weighted by Crippen LogP contribution is 2.21. The van der Waals surface area contributed by atoms with Crippen LogP contribution in [0, 0.1) is 0 Å². The highest BCUT2D eigenvalue weighted by atomic mass is 16.5. The molecule has 9 heteroatoms. The van der Waals surface area contributed by atoms with E-state index in [0.29, 0.717) is 17.1 Å². The van der Waals surface area contributed by atoms with Gasteiger partial charge in [0.1, 0.15) is 11.1 Å². The van der Waals surface area contributed by atoms with Crippen LogP contribution in [-0.2, 0) is 4.74 Å². The van der Waals surface area contributed by atoms with Crippen LogP contribution in [0.2, 0.25) is 0 Å². The van der Waals surface area contributed by atoms with Crippen molar-refractivity contribution in [3.63, 3.8) is 0 Å². The SMILES string of the molecule is CCOC(=O)c1nn(-c2ccc(OC)cc2)c2nnn(-c3ccccc3)c(=O)c12. The Morgan fingerprint density at radius 2 is 1.69 bits per heavy atom. The second-order valence-corrected chi connectivity index (χ2v) is 6.02. The summed E-state index contributed by atoms with van der Waals surface area (Å²) >= 11 is 0. The third kappa shape index (κ3) is 3.22. The molecular formula is C20H17N5O4. The number of benzene rings is 2. The van der Waals surface area contributed by atoms with Crippen molar-refractivity contribution < 1.29 is 14.3 Å². The lowest BCUT2D eigenvalue weighted by Crippen LogP contribution is -2.24. The molecule has 0 saturated carbocycles. The van der Waals surface area contributed by atoms with Crippen molar-refractivity contribution in [2.75, 3.05) is 13.7 Å². The topological polar surface area (TPSA) is 101 Å². The van der Waals surface area contributed by atoms with Gasteiger partial charge in [-0.15, -0.1) is 5.10 Å². The van der Waals surface area contributed by atoms with Gasteiger partial charge in [-0.1, -0.05) is 23.4 Å². The van der Waals surface area contributed by atoms with Crippen LogP contribution in [0.1, 0.15) is 17.4 Å². The number of carbonyl (C=O) groups is 1. The van der Waals surface area contributed by atoms with Crippen LogP contribution in [-0.4, -0.2) is 44.5 Å². The molecule has 0 aliphatic rings. The minimum Gasteiger partial charge on any atom is -0.497 e. The number of ether oxygens (including phenoxy) is 2. The minimum atomic E-state index is -0.700. The largest absolute Gasteiger partial charge is 0.497 e. The summed E-state index contributed by atoms with van der Waals surface area (Å²) in [6.45, 7) is 1.84. The molecule has 2 heterocycles. The number of carbonyl (C=O) groups excluding carboxylic acids is 1. The van der Waals surface area contributed by atoms with Gasteiger partial charge in [0.25, 0.3) is 5.56 Å². The van der Waals surface area contributed by atoms with E-state index < -0.39 is 11.5 Å². The van der Waals surface area contributed by atoms with E-state index in [-0.39, 0.29) is 23.3 Å². The molecule has 0 bridgehead atoms. The van der Waals surface area contributed by atoms with Crippen LogP contribution in [0.25, 0.3) is 22.4 Å². The Bertz CT molecular complexity index is 1230. The van der Waals surface area contributed by atoms with Crippen molar-refractivity contribution in [3.05, 3.63) is 70.6 Å². The average molecular weight is 391 g/mol. The summed E-state index contributed by atoms with van der Waals surface area (Å²) in [6.07, 6.45) is 0. The summed E-state index contributed by atoms with van der Waals surface area (Å²) in [5.74, 6) is -0.0391. The average Bonchev–Trinajstić information content (AvgIpc) is 3.15. The standard InChI is InChI=1S/C20H17N5O4/c1-3-29-20(27)17-16-18(24(22-17)14-9-11-15(28-2)12-10-14)21-23-25(19(16)26)13-7-5-4-6-8-13/h4-12H,3H2,1-2H3. The van der Waals surface area contributed by atoms with E-state index >= 15 is 0 Å². The number of fused-ring (bicyclic) bond motifs is 1. The van der Waals surface area contributed by atoms with Gasteiger partial charge in [-0.2, -0.15) is 9.78 Å². The van der Waals surface area contributed by atoms with Gasteiger partial charge in [-0.25, -0.2) is 9.48 Å². The zero-order valence-electron chi connectivity index (χ0n) is 15.8. The second kappa shape index (κ2) is 7.55. The van der Waals surface area contributed by atoms with Crippen molar-refractivity contribution in [2.45, 2.75) is 6.92 Å². The third-order valence-corrected chi connectivity index (χ3v) is 4.28. The first-order chi connectivity index (χ1) is 14.1. The number of esters is 1. The molecule has 0 spiro atoms. The quantitative estimate of drug-likeness (QED) is 0.481. The predicted octanol–water partition coefficient (Wildman–Crippen LogP) is 2.15. The molecule has 0 fully saturated rings. The van der Waals surface area contributed by atoms with Crippen molar-refractivity contribution in [1.82, 2.24) is 24.8 Å². The fourth-order valence-corrected chi connectivity index (χ4v) is 2.92. The predicted molar refractivity (Wildman–Crippen MR) is 105 cm³/mol. The maximum absolute atomic E-state index is 13.2. The first kappa shape index (κ1) is 18.4. The molecule has 146 valence electrons. The van der Waals surface area contributed by atoms with Gasteiger partial charge in [0, 0.05) is 0 Å². The maximum atomic E-state index is 13.2. The summed E-state index contributed by atoms with van der Waals surface area (Å²) in [6, 6.07) is 15.8. The fraction of sp³-hybridized carbons (Fsp3) is 0.150. The van der Waals surface area contributed by atoms with Crippen LogP contribution in [0.4, 0.5) is 0 Å². The number of aromatic nitrogens is 5. The summed E-state index contributed by atoms with van der Waals surface area (Å²) < 4.78 is 12.8. The summed E-state index contributed by atoms with van der Waals surface area (Å²) in [7, 11) is 1.56. The highest BCUT2D eigenvalue weighted by Gasteiger charge is 2.25. The van der Waals surface area contributed by atoms with Crippen molar-refractivity contribution in [3.8, 4) is 17.1 Å².